The van der Waals surface area contributed by atoms with E-state index in [1.807, 2.05) is 18.2 Å². The third kappa shape index (κ3) is 14.7. The number of rotatable bonds is 9. The van der Waals surface area contributed by atoms with Gasteiger partial charge in [-0.15, -0.1) is 0 Å². The predicted molar refractivity (Wildman–Crippen MR) is 237 cm³/mol. The van der Waals surface area contributed by atoms with E-state index in [1.54, 1.807) is 59.6 Å². The number of carbonyl (C=O) groups is 1. The number of Topliss-reactive ketones (excluding diaryl/α,β-unsaturated/α-hetero) is 1. The minimum Gasteiger partial charge on any atom is -0.434 e. The van der Waals surface area contributed by atoms with Crippen LogP contribution in [0.3, 0.4) is 0 Å². The highest BCUT2D eigenvalue weighted by atomic mass is 35.5. The summed E-state index contributed by atoms with van der Waals surface area (Å²) in [5.74, 6) is 1.02. The lowest BCUT2D eigenvalue weighted by atomic mass is 9.12. The van der Waals surface area contributed by atoms with Gasteiger partial charge in [0.25, 0.3) is 5.88 Å². The number of aromatic nitrogens is 2. The Morgan fingerprint density at radius 1 is 0.425 bits per heavy atom. The number of benzene rings is 6. The fraction of sp³-hybridized carbons (Fsp3) is 0.180. The van der Waals surface area contributed by atoms with Crippen LogP contribution in [0.5, 0.6) is 11.6 Å². The molecular weight excluding hydrogens is 1160 g/mol. The van der Waals surface area contributed by atoms with Crippen LogP contribution in [0.25, 0.3) is 0 Å². The molecule has 30 heteroatoms. The molecule has 0 saturated heterocycles. The van der Waals surface area contributed by atoms with Crippen LogP contribution in [0.2, 0.25) is 5.02 Å². The van der Waals surface area contributed by atoms with Gasteiger partial charge in [0.2, 0.25) is 18.5 Å². The normalized spacial score (nSPS) is 13.2. The van der Waals surface area contributed by atoms with Crippen LogP contribution in [0.4, 0.5) is 105 Å². The maximum absolute atomic E-state index is 14.2. The first-order valence-corrected chi connectivity index (χ1v) is 22.1. The molecule has 0 amide bonds. The van der Waals surface area contributed by atoms with Gasteiger partial charge in [-0.3, -0.25) is 4.79 Å². The van der Waals surface area contributed by atoms with Crippen molar-refractivity contribution >= 4 is 45.4 Å². The van der Waals surface area contributed by atoms with Crippen LogP contribution in [-0.2, 0) is 56.0 Å². The van der Waals surface area contributed by atoms with Gasteiger partial charge in [0.15, 0.2) is 6.20 Å². The molecule has 1 heterocycles. The van der Waals surface area contributed by atoms with Gasteiger partial charge in [0.1, 0.15) is 11.9 Å². The summed E-state index contributed by atoms with van der Waals surface area (Å²) < 4.78 is 348. The second-order valence-corrected chi connectivity index (χ2v) is 17.6. The van der Waals surface area contributed by atoms with Crippen molar-refractivity contribution in [2.75, 3.05) is 0 Å². The molecule has 0 saturated carbocycles. The molecular formula is C50H26BClF24N2O2. The third-order valence-electron chi connectivity index (χ3n) is 11.6. The summed E-state index contributed by atoms with van der Waals surface area (Å²) in [6, 6.07) is 7.43. The zero-order valence-electron chi connectivity index (χ0n) is 38.8. The Morgan fingerprint density at radius 2 is 0.738 bits per heavy atom. The molecule has 426 valence electrons. The van der Waals surface area contributed by atoms with Gasteiger partial charge in [-0.05, 0) is 42.5 Å². The molecule has 0 fully saturated rings. The van der Waals surface area contributed by atoms with E-state index in [0.717, 1.165) is 0 Å². The van der Waals surface area contributed by atoms with Crippen molar-refractivity contribution in [3.8, 4) is 11.6 Å². The quantitative estimate of drug-likeness (QED) is 0.0626. The predicted octanol–water partition coefficient (Wildman–Crippen LogP) is 14.9. The van der Waals surface area contributed by atoms with E-state index in [1.165, 1.54) is 0 Å². The highest BCUT2D eigenvalue weighted by molar-refractivity contribution is 7.20. The van der Waals surface area contributed by atoms with E-state index in [0.29, 0.717) is 22.2 Å². The molecule has 4 nitrogen and oxygen atoms in total. The zero-order chi connectivity index (χ0) is 60.0. The minimum absolute atomic E-state index is 0.0236. The second-order valence-electron chi connectivity index (χ2n) is 17.1. The van der Waals surface area contributed by atoms with E-state index in [9.17, 15) is 110 Å². The van der Waals surface area contributed by atoms with Crippen molar-refractivity contribution in [2.24, 2.45) is 0 Å². The topological polar surface area (TPSA) is 43.1 Å². The molecule has 0 spiro atoms. The molecule has 0 N–H and O–H groups in total. The first-order valence-electron chi connectivity index (χ1n) is 21.7. The number of hydrogen-bond donors (Lipinski definition) is 0. The molecule has 0 aliphatic carbocycles. The van der Waals surface area contributed by atoms with Gasteiger partial charge in [-0.2, -0.15) is 132 Å². The molecule has 6 aromatic carbocycles. The van der Waals surface area contributed by atoms with Crippen LogP contribution >= 0.6 is 11.6 Å². The van der Waals surface area contributed by atoms with Crippen molar-refractivity contribution < 1.29 is 119 Å². The molecule has 0 radical (unpaired) electrons. The first kappa shape index (κ1) is 61.8. The average molecular weight is 1190 g/mol. The summed E-state index contributed by atoms with van der Waals surface area (Å²) in [6.45, 7) is 0.221. The Labute approximate surface area is 437 Å². The van der Waals surface area contributed by atoms with Crippen molar-refractivity contribution in [1.29, 1.82) is 0 Å². The molecule has 0 aliphatic heterocycles. The van der Waals surface area contributed by atoms with Crippen molar-refractivity contribution in [3.63, 3.8) is 0 Å². The van der Waals surface area contributed by atoms with Crippen LogP contribution in [0.15, 0.2) is 146 Å². The highest BCUT2D eigenvalue weighted by Crippen LogP contribution is 2.41. The number of nitrogens with zero attached hydrogens (tertiary/aromatic N) is 2. The van der Waals surface area contributed by atoms with Gasteiger partial charge in [-0.25, -0.2) is 4.98 Å². The lowest BCUT2D eigenvalue weighted by Gasteiger charge is -2.46. The van der Waals surface area contributed by atoms with Crippen molar-refractivity contribution in [1.82, 2.24) is 4.98 Å². The van der Waals surface area contributed by atoms with Gasteiger partial charge in [-0.1, -0.05) is 96.5 Å². The molecule has 0 bridgehead atoms. The van der Waals surface area contributed by atoms with E-state index in [-0.39, 0.29) is 12.3 Å². The van der Waals surface area contributed by atoms with Crippen LogP contribution in [0, 0.1) is 0 Å². The summed E-state index contributed by atoms with van der Waals surface area (Å²) >= 11 is 5.93. The molecule has 1 aromatic heterocycles. The Kier molecular flexibility index (Phi) is 16.9. The Morgan fingerprint density at radius 3 is 1.02 bits per heavy atom. The van der Waals surface area contributed by atoms with Gasteiger partial charge >= 0.3 is 49.4 Å². The molecule has 0 atom stereocenters. The largest absolute Gasteiger partial charge is 0.434 e. The minimum atomic E-state index is -6.13. The zero-order valence-corrected chi connectivity index (χ0v) is 39.6. The molecule has 0 aliphatic rings. The fourth-order valence-corrected chi connectivity index (χ4v) is 8.34. The number of ether oxygens (including phenoxy) is 1. The molecule has 7 rings (SSSR count). The van der Waals surface area contributed by atoms with Crippen molar-refractivity contribution in [3.05, 3.63) is 201 Å². The Bertz CT molecular complexity index is 2940. The first-order chi connectivity index (χ1) is 36.5. The monoisotopic (exact) mass is 1190 g/mol. The number of halogens is 25. The van der Waals surface area contributed by atoms with E-state index < -0.39 is 195 Å². The van der Waals surface area contributed by atoms with E-state index >= 15 is 0 Å². The third-order valence-corrected chi connectivity index (χ3v) is 11.9. The summed E-state index contributed by atoms with van der Waals surface area (Å²) in [4.78, 5) is 16.4. The molecule has 80 heavy (non-hydrogen) atoms. The number of ketones is 1. The van der Waals surface area contributed by atoms with Crippen LogP contribution < -0.4 is 31.2 Å². The Balaban J connectivity index is 0.000000370. The lowest BCUT2D eigenvalue weighted by molar-refractivity contribution is -0.683. The van der Waals surface area contributed by atoms with Crippen LogP contribution in [0.1, 0.15) is 54.9 Å². The second kappa shape index (κ2) is 21.9. The number of carbonyl (C=O) groups excluding carboxylic acids is 1. The lowest BCUT2D eigenvalue weighted by Crippen LogP contribution is -2.75. The fourth-order valence-electron chi connectivity index (χ4n) is 8.16. The van der Waals surface area contributed by atoms with Gasteiger partial charge < -0.3 is 4.74 Å². The standard InChI is InChI=1S/C32H12BF24.C18H14ClN2O2/c34-25(35,36)13-1-14(26(37,38)39)6-21(5-13)33(22-7-15(27(40,41)42)2-16(8-22)28(43,44)45,23-9-17(29(46,47)48)3-18(10-23)30(49,50)51)24-11-19(31(52,53)54)4-20(12-24)32(55,56)57;19-15-7-4-8-16(11-15)23-18-13-21(10-9-20-18)12-17(22)14-5-2-1-3-6-14/h1-12H;1-11,13H,12H2/q-1;+1. The molecule has 0 unspecified atom stereocenters. The smallest absolute Gasteiger partial charge is 0.416 e. The summed E-state index contributed by atoms with van der Waals surface area (Å²) in [5, 5.41) is 0.588. The molecule has 7 aromatic rings. The Hall–Kier alpha value is -7.46. The van der Waals surface area contributed by atoms with Gasteiger partial charge in [0, 0.05) is 10.6 Å². The van der Waals surface area contributed by atoms with Crippen LogP contribution in [-0.4, -0.2) is 16.9 Å². The van der Waals surface area contributed by atoms with E-state index in [4.69, 9.17) is 16.3 Å². The summed E-state index contributed by atoms with van der Waals surface area (Å²) in [6.07, 6.45) is -49.8. The summed E-state index contributed by atoms with van der Waals surface area (Å²) in [7, 11) is 0. The number of alkyl halides is 24. The highest BCUT2D eigenvalue weighted by Gasteiger charge is 2.47. The number of hydrogen-bond acceptors (Lipinski definition) is 3. The SMILES string of the molecule is FC(F)(F)c1cc([B-](c2cc(C(F)(F)F)cc(C(F)(F)F)c2)(c2cc(C(F)(F)F)cc(C(F)(F)F)c2)c2cc(C(F)(F)F)cc(C(F)(F)F)c2)cc(C(F)(F)F)c1.O=C(C[n+]1ccnc(Oc2cccc(Cl)c2)c1)c1ccccc1. The average Bonchev–Trinajstić information content (AvgIpc) is 3.32. The van der Waals surface area contributed by atoms with Crippen molar-refractivity contribution in [2.45, 2.75) is 56.0 Å². The van der Waals surface area contributed by atoms with Gasteiger partial charge in [0.05, 0.1) is 50.7 Å². The van der Waals surface area contributed by atoms with E-state index in [2.05, 4.69) is 4.98 Å². The maximum Gasteiger partial charge on any atom is 0.416 e. The maximum atomic E-state index is 14.2. The summed E-state index contributed by atoms with van der Waals surface area (Å²) in [5.41, 5.74) is -29.5.